The minimum absolute atomic E-state index is 0.0821. The van der Waals surface area contributed by atoms with Crippen LogP contribution in [0.3, 0.4) is 0 Å². The highest BCUT2D eigenvalue weighted by Gasteiger charge is 2.20. The molecule has 0 saturated heterocycles. The Labute approximate surface area is 151 Å². The molecule has 5 nitrogen and oxygen atoms in total. The lowest BCUT2D eigenvalue weighted by Gasteiger charge is -2.08. The third-order valence-electron chi connectivity index (χ3n) is 3.91. The number of esters is 1. The molecule has 0 aliphatic rings. The Morgan fingerprint density at radius 3 is 2.27 bits per heavy atom. The van der Waals surface area contributed by atoms with E-state index in [2.05, 4.69) is 0 Å². The quantitative estimate of drug-likeness (QED) is 0.510. The zero-order valence-corrected chi connectivity index (χ0v) is 14.8. The monoisotopic (exact) mass is 368 g/mol. The first-order valence-electron chi connectivity index (χ1n) is 7.84. The smallest absolute Gasteiger partial charge is 0.339 e. The van der Waals surface area contributed by atoms with Crippen LogP contribution < -0.4 is 0 Å². The molecule has 0 saturated carbocycles. The van der Waals surface area contributed by atoms with Crippen molar-refractivity contribution in [3.63, 3.8) is 0 Å². The number of hydrogen-bond acceptors (Lipinski definition) is 5. The maximum atomic E-state index is 12.3. The van der Waals surface area contributed by atoms with Gasteiger partial charge in [-0.2, -0.15) is 0 Å². The Morgan fingerprint density at radius 2 is 1.54 bits per heavy atom. The predicted molar refractivity (Wildman–Crippen MR) is 98.1 cm³/mol. The van der Waals surface area contributed by atoms with Crippen LogP contribution >= 0.6 is 0 Å². The summed E-state index contributed by atoms with van der Waals surface area (Å²) in [4.78, 5) is 24.4. The molecule has 0 aliphatic heterocycles. The molecule has 0 unspecified atom stereocenters. The van der Waals surface area contributed by atoms with Crippen molar-refractivity contribution in [1.82, 2.24) is 0 Å². The fourth-order valence-electron chi connectivity index (χ4n) is 2.61. The zero-order chi connectivity index (χ0) is 18.7. The molecule has 0 fully saturated rings. The van der Waals surface area contributed by atoms with Gasteiger partial charge in [0.25, 0.3) is 0 Å². The Balaban J connectivity index is 1.76. The lowest BCUT2D eigenvalue weighted by atomic mass is 10.0. The first-order valence-corrected chi connectivity index (χ1v) is 9.73. The molecule has 0 N–H and O–H groups in total. The second-order valence-corrected chi connectivity index (χ2v) is 7.81. The van der Waals surface area contributed by atoms with Gasteiger partial charge in [-0.3, -0.25) is 4.79 Å². The van der Waals surface area contributed by atoms with Gasteiger partial charge in [0.05, 0.1) is 10.5 Å². The molecular weight excluding hydrogens is 352 g/mol. The van der Waals surface area contributed by atoms with Gasteiger partial charge in [-0.1, -0.05) is 48.5 Å². The number of hydrogen-bond donors (Lipinski definition) is 0. The Hall–Kier alpha value is -2.99. The molecule has 0 atom stereocenters. The van der Waals surface area contributed by atoms with Crippen LogP contribution in [-0.4, -0.2) is 33.0 Å². The summed E-state index contributed by atoms with van der Waals surface area (Å²) < 4.78 is 28.6. The lowest BCUT2D eigenvalue weighted by molar-refractivity contribution is 0.0471. The van der Waals surface area contributed by atoms with E-state index in [-0.39, 0.29) is 16.2 Å². The minimum Gasteiger partial charge on any atom is -0.454 e. The van der Waals surface area contributed by atoms with Crippen LogP contribution in [0, 0.1) is 0 Å². The van der Waals surface area contributed by atoms with Crippen LogP contribution in [-0.2, 0) is 14.6 Å². The number of fused-ring (bicyclic) bond motifs is 1. The first-order chi connectivity index (χ1) is 12.4. The van der Waals surface area contributed by atoms with Gasteiger partial charge in [0, 0.05) is 11.8 Å². The first kappa shape index (κ1) is 17.8. The number of benzene rings is 3. The molecule has 0 aliphatic carbocycles. The molecule has 0 aromatic heterocycles. The highest BCUT2D eigenvalue weighted by Crippen LogP contribution is 2.18. The number of carbonyl (C=O) groups is 2. The van der Waals surface area contributed by atoms with E-state index < -0.39 is 22.4 Å². The van der Waals surface area contributed by atoms with Crippen molar-refractivity contribution < 1.29 is 22.7 Å². The van der Waals surface area contributed by atoms with Crippen molar-refractivity contribution in [1.29, 1.82) is 0 Å². The third kappa shape index (κ3) is 3.81. The van der Waals surface area contributed by atoms with Crippen LogP contribution in [0.4, 0.5) is 0 Å². The van der Waals surface area contributed by atoms with E-state index in [1.807, 2.05) is 30.3 Å². The SMILES string of the molecule is CS(=O)(=O)c1ccccc1C(=O)OCC(=O)c1ccc2ccccc2c1. The topological polar surface area (TPSA) is 77.5 Å². The summed E-state index contributed by atoms with van der Waals surface area (Å²) in [6.07, 6.45) is 1.01. The van der Waals surface area contributed by atoms with Gasteiger partial charge in [-0.15, -0.1) is 0 Å². The van der Waals surface area contributed by atoms with Gasteiger partial charge in [0.1, 0.15) is 0 Å². The van der Waals surface area contributed by atoms with Crippen molar-refractivity contribution in [2.45, 2.75) is 4.90 Å². The number of ketones is 1. The van der Waals surface area contributed by atoms with E-state index in [1.165, 1.54) is 24.3 Å². The van der Waals surface area contributed by atoms with E-state index in [0.717, 1.165) is 17.0 Å². The fraction of sp³-hybridized carbons (Fsp3) is 0.100. The van der Waals surface area contributed by atoms with Crippen LogP contribution in [0.1, 0.15) is 20.7 Å². The predicted octanol–water partition coefficient (Wildman–Crippen LogP) is 3.28. The minimum atomic E-state index is -3.58. The fourth-order valence-corrected chi connectivity index (χ4v) is 3.49. The second kappa shape index (κ2) is 7.09. The lowest BCUT2D eigenvalue weighted by Crippen LogP contribution is -2.16. The maximum Gasteiger partial charge on any atom is 0.339 e. The molecule has 0 amide bonds. The van der Waals surface area contributed by atoms with Gasteiger partial charge in [-0.05, 0) is 29.0 Å². The molecule has 3 aromatic rings. The summed E-state index contributed by atoms with van der Waals surface area (Å²) in [7, 11) is -3.58. The number of ether oxygens (including phenoxy) is 1. The Kier molecular flexibility index (Phi) is 4.86. The van der Waals surface area contributed by atoms with Crippen LogP contribution in [0.25, 0.3) is 10.8 Å². The second-order valence-electron chi connectivity index (χ2n) is 5.83. The normalized spacial score (nSPS) is 11.3. The molecule has 3 aromatic carbocycles. The molecule has 0 spiro atoms. The number of sulfone groups is 1. The van der Waals surface area contributed by atoms with Crippen LogP contribution in [0.5, 0.6) is 0 Å². The zero-order valence-electron chi connectivity index (χ0n) is 14.0. The van der Waals surface area contributed by atoms with Crippen molar-refractivity contribution in [2.24, 2.45) is 0 Å². The van der Waals surface area contributed by atoms with Crippen molar-refractivity contribution in [2.75, 3.05) is 12.9 Å². The molecule has 26 heavy (non-hydrogen) atoms. The average Bonchev–Trinajstić information content (AvgIpc) is 2.64. The molecule has 0 heterocycles. The molecular formula is C20H16O5S. The number of carbonyl (C=O) groups excluding carboxylic acids is 2. The third-order valence-corrected chi connectivity index (χ3v) is 5.07. The molecule has 6 heteroatoms. The van der Waals surface area contributed by atoms with Crippen LogP contribution in [0.15, 0.2) is 71.6 Å². The molecule has 0 radical (unpaired) electrons. The summed E-state index contributed by atoms with van der Waals surface area (Å²) in [5, 5.41) is 1.91. The number of rotatable bonds is 5. The molecule has 3 rings (SSSR count). The Morgan fingerprint density at radius 1 is 0.885 bits per heavy atom. The largest absolute Gasteiger partial charge is 0.454 e. The van der Waals surface area contributed by atoms with E-state index >= 15 is 0 Å². The highest BCUT2D eigenvalue weighted by atomic mass is 32.2. The summed E-state index contributed by atoms with van der Waals surface area (Å²) in [5.74, 6) is -1.21. The van der Waals surface area contributed by atoms with E-state index in [0.29, 0.717) is 5.56 Å². The van der Waals surface area contributed by atoms with E-state index in [1.54, 1.807) is 12.1 Å². The van der Waals surface area contributed by atoms with Gasteiger partial charge in [0.15, 0.2) is 22.2 Å². The van der Waals surface area contributed by atoms with E-state index in [4.69, 9.17) is 4.74 Å². The summed E-state index contributed by atoms with van der Waals surface area (Å²) in [5.41, 5.74) is 0.342. The Bertz CT molecular complexity index is 1100. The standard InChI is InChI=1S/C20H16O5S/c1-26(23,24)19-9-5-4-8-17(19)20(22)25-13-18(21)16-11-10-14-6-2-3-7-15(14)12-16/h2-12H,13H2,1H3. The average molecular weight is 368 g/mol. The highest BCUT2D eigenvalue weighted by molar-refractivity contribution is 7.90. The van der Waals surface area contributed by atoms with Gasteiger partial charge < -0.3 is 4.74 Å². The van der Waals surface area contributed by atoms with Crippen molar-refractivity contribution >= 4 is 32.4 Å². The van der Waals surface area contributed by atoms with Gasteiger partial charge in [0.2, 0.25) is 0 Å². The van der Waals surface area contributed by atoms with Crippen molar-refractivity contribution in [3.8, 4) is 0 Å². The number of Topliss-reactive ketones (excluding diaryl/α,β-unsaturated/α-hetero) is 1. The summed E-state index contributed by atoms with van der Waals surface area (Å²) in [6, 6.07) is 18.6. The van der Waals surface area contributed by atoms with Gasteiger partial charge in [-0.25, -0.2) is 13.2 Å². The maximum absolute atomic E-state index is 12.3. The van der Waals surface area contributed by atoms with Gasteiger partial charge >= 0.3 is 5.97 Å². The summed E-state index contributed by atoms with van der Waals surface area (Å²) >= 11 is 0. The van der Waals surface area contributed by atoms with Crippen LogP contribution in [0.2, 0.25) is 0 Å². The summed E-state index contributed by atoms with van der Waals surface area (Å²) in [6.45, 7) is -0.463. The molecule has 0 bridgehead atoms. The van der Waals surface area contributed by atoms with E-state index in [9.17, 15) is 18.0 Å². The molecule has 132 valence electrons. The van der Waals surface area contributed by atoms with Crippen molar-refractivity contribution in [3.05, 3.63) is 77.9 Å².